The van der Waals surface area contributed by atoms with Crippen LogP contribution in [-0.4, -0.2) is 28.0 Å². The van der Waals surface area contributed by atoms with Crippen molar-refractivity contribution >= 4 is 39.6 Å². The number of allylic oxidation sites excluding steroid dienone is 2. The van der Waals surface area contributed by atoms with E-state index < -0.39 is 4.92 Å². The summed E-state index contributed by atoms with van der Waals surface area (Å²) in [5.41, 5.74) is 0.609. The summed E-state index contributed by atoms with van der Waals surface area (Å²) in [6, 6.07) is 7.74. The summed E-state index contributed by atoms with van der Waals surface area (Å²) in [5, 5.41) is 16.0. The van der Waals surface area contributed by atoms with Crippen molar-refractivity contribution in [2.45, 2.75) is 12.8 Å². The fraction of sp³-hybridized carbons (Fsp3) is 0.286. The maximum absolute atomic E-state index is 12.8. The SMILES string of the molecule is O=C1[C@@H]2[C@H](C(=O)N1/N=C\c1ccc(-c3ccc([N+](=O)[O-])cc3Br)o1)[C@@H]1C=C[C@@H]2CC1. The van der Waals surface area contributed by atoms with Gasteiger partial charge in [-0.25, -0.2) is 0 Å². The van der Waals surface area contributed by atoms with E-state index >= 15 is 0 Å². The number of carbonyl (C=O) groups excluding carboxylic acids is 2. The molecule has 2 bridgehead atoms. The first-order valence-corrected chi connectivity index (χ1v) is 10.4. The van der Waals surface area contributed by atoms with Gasteiger partial charge in [-0.3, -0.25) is 19.7 Å². The van der Waals surface area contributed by atoms with E-state index in [-0.39, 0.29) is 41.2 Å². The third kappa shape index (κ3) is 2.92. The standard InChI is InChI=1S/C21H16BrN3O5/c22-16-9-13(25(28)29)5-7-15(16)17-8-6-14(30-17)10-23-24-20(26)18-11-1-2-12(4-3-11)19(18)21(24)27/h1-2,5-12,18-19H,3-4H2/b23-10-/t11-,12-,18-,19+/m1/s1. The molecule has 1 saturated heterocycles. The van der Waals surface area contributed by atoms with Crippen LogP contribution in [0.3, 0.4) is 0 Å². The Balaban J connectivity index is 1.36. The third-order valence-corrected chi connectivity index (χ3v) is 6.75. The Morgan fingerprint density at radius 3 is 2.33 bits per heavy atom. The first kappa shape index (κ1) is 18.9. The van der Waals surface area contributed by atoms with Crippen molar-refractivity contribution in [2.24, 2.45) is 28.8 Å². The molecule has 0 N–H and O–H groups in total. The molecule has 1 aliphatic heterocycles. The average molecular weight is 470 g/mol. The maximum Gasteiger partial charge on any atom is 0.270 e. The molecule has 2 amide bonds. The Labute approximate surface area is 179 Å². The van der Waals surface area contributed by atoms with E-state index in [9.17, 15) is 19.7 Å². The predicted octanol–water partition coefficient (Wildman–Crippen LogP) is 4.15. The third-order valence-electron chi connectivity index (χ3n) is 6.09. The highest BCUT2D eigenvalue weighted by Crippen LogP contribution is 2.49. The molecule has 2 heterocycles. The Morgan fingerprint density at radius 2 is 1.77 bits per heavy atom. The first-order valence-electron chi connectivity index (χ1n) is 9.58. The molecular formula is C21H16BrN3O5. The van der Waals surface area contributed by atoms with Gasteiger partial charge < -0.3 is 4.42 Å². The number of hydrogen-bond acceptors (Lipinski definition) is 6. The monoisotopic (exact) mass is 469 g/mol. The van der Waals surface area contributed by atoms with Crippen molar-refractivity contribution in [2.75, 3.05) is 0 Å². The molecule has 8 nitrogen and oxygen atoms in total. The van der Waals surface area contributed by atoms with Crippen molar-refractivity contribution in [1.29, 1.82) is 0 Å². The summed E-state index contributed by atoms with van der Waals surface area (Å²) in [5.74, 6) is -0.0172. The van der Waals surface area contributed by atoms with Gasteiger partial charge >= 0.3 is 0 Å². The van der Waals surface area contributed by atoms with E-state index in [0.717, 1.165) is 17.9 Å². The number of nitrogens with zero attached hydrogens (tertiary/aromatic N) is 3. The fourth-order valence-corrected chi connectivity index (χ4v) is 5.23. The minimum Gasteiger partial charge on any atom is -0.455 e. The second kappa shape index (κ2) is 7.02. The zero-order valence-corrected chi connectivity index (χ0v) is 17.2. The smallest absolute Gasteiger partial charge is 0.270 e. The van der Waals surface area contributed by atoms with Gasteiger partial charge in [0.1, 0.15) is 11.5 Å². The molecule has 1 saturated carbocycles. The lowest BCUT2D eigenvalue weighted by Gasteiger charge is -2.37. The molecule has 3 aliphatic carbocycles. The summed E-state index contributed by atoms with van der Waals surface area (Å²) in [6.07, 6.45) is 7.35. The van der Waals surface area contributed by atoms with Gasteiger partial charge in [-0.15, -0.1) is 0 Å². The van der Waals surface area contributed by atoms with Gasteiger partial charge in [0, 0.05) is 22.2 Å². The van der Waals surface area contributed by atoms with Crippen LogP contribution in [0.1, 0.15) is 18.6 Å². The molecule has 9 heteroatoms. The molecule has 0 unspecified atom stereocenters. The predicted molar refractivity (Wildman–Crippen MR) is 110 cm³/mol. The highest BCUT2D eigenvalue weighted by molar-refractivity contribution is 9.10. The first-order chi connectivity index (χ1) is 14.4. The van der Waals surface area contributed by atoms with Crippen LogP contribution >= 0.6 is 15.9 Å². The molecule has 152 valence electrons. The number of hydrogen-bond donors (Lipinski definition) is 0. The normalized spacial score (nSPS) is 27.3. The van der Waals surface area contributed by atoms with Crippen molar-refractivity contribution in [3.05, 3.63) is 62.8 Å². The minimum atomic E-state index is -0.474. The van der Waals surface area contributed by atoms with Crippen LogP contribution in [0.2, 0.25) is 0 Å². The Bertz CT molecular complexity index is 1110. The molecule has 0 spiro atoms. The summed E-state index contributed by atoms with van der Waals surface area (Å²) in [4.78, 5) is 36.0. The van der Waals surface area contributed by atoms with Crippen LogP contribution in [-0.2, 0) is 9.59 Å². The molecule has 4 aliphatic rings. The summed E-state index contributed by atoms with van der Waals surface area (Å²) in [7, 11) is 0. The topological polar surface area (TPSA) is 106 Å². The van der Waals surface area contributed by atoms with Gasteiger partial charge in [-0.2, -0.15) is 10.1 Å². The summed E-state index contributed by atoms with van der Waals surface area (Å²) >= 11 is 3.32. The molecule has 6 rings (SSSR count). The molecule has 2 aromatic rings. The van der Waals surface area contributed by atoms with Crippen molar-refractivity contribution in [3.63, 3.8) is 0 Å². The van der Waals surface area contributed by atoms with Crippen molar-refractivity contribution in [1.82, 2.24) is 5.01 Å². The van der Waals surface area contributed by atoms with Gasteiger partial charge in [-0.1, -0.05) is 12.2 Å². The van der Waals surface area contributed by atoms with Crippen LogP contribution in [0.15, 0.2) is 56.5 Å². The van der Waals surface area contributed by atoms with Crippen LogP contribution in [0, 0.1) is 33.8 Å². The molecule has 4 atom stereocenters. The Morgan fingerprint density at radius 1 is 1.10 bits per heavy atom. The molecule has 1 aromatic carbocycles. The average Bonchev–Trinajstić information content (AvgIpc) is 3.31. The number of hydrazone groups is 1. The zero-order valence-electron chi connectivity index (χ0n) is 15.6. The van der Waals surface area contributed by atoms with E-state index in [1.807, 2.05) is 0 Å². The lowest BCUT2D eigenvalue weighted by molar-refractivity contribution is -0.384. The number of fused-ring (bicyclic) bond motifs is 1. The van der Waals surface area contributed by atoms with E-state index in [4.69, 9.17) is 4.42 Å². The lowest BCUT2D eigenvalue weighted by Crippen LogP contribution is -2.38. The Kier molecular flexibility index (Phi) is 4.43. The largest absolute Gasteiger partial charge is 0.455 e. The highest BCUT2D eigenvalue weighted by Gasteiger charge is 2.56. The molecule has 1 aromatic heterocycles. The number of carbonyl (C=O) groups is 2. The number of imide groups is 1. The fourth-order valence-electron chi connectivity index (χ4n) is 4.67. The van der Waals surface area contributed by atoms with E-state index in [2.05, 4.69) is 33.2 Å². The lowest BCUT2D eigenvalue weighted by atomic mass is 9.63. The van der Waals surface area contributed by atoms with E-state index in [1.54, 1.807) is 18.2 Å². The highest BCUT2D eigenvalue weighted by atomic mass is 79.9. The van der Waals surface area contributed by atoms with E-state index in [0.29, 0.717) is 21.6 Å². The Hall–Kier alpha value is -3.07. The van der Waals surface area contributed by atoms with Gasteiger partial charge in [0.05, 0.1) is 23.0 Å². The number of halogens is 1. The number of non-ortho nitro benzene ring substituents is 1. The van der Waals surface area contributed by atoms with Gasteiger partial charge in [0.2, 0.25) is 0 Å². The van der Waals surface area contributed by atoms with Gasteiger partial charge in [0.15, 0.2) is 0 Å². The molecule has 30 heavy (non-hydrogen) atoms. The maximum atomic E-state index is 12.8. The summed E-state index contributed by atoms with van der Waals surface area (Å²) < 4.78 is 6.26. The second-order valence-electron chi connectivity index (χ2n) is 7.70. The quantitative estimate of drug-likeness (QED) is 0.220. The van der Waals surface area contributed by atoms with Crippen LogP contribution in [0.5, 0.6) is 0 Å². The van der Waals surface area contributed by atoms with Crippen LogP contribution in [0.25, 0.3) is 11.3 Å². The molecular weight excluding hydrogens is 454 g/mol. The number of nitro groups is 1. The number of nitro benzene ring substituents is 1. The minimum absolute atomic E-state index is 0.0325. The zero-order chi connectivity index (χ0) is 21.0. The number of rotatable bonds is 4. The van der Waals surface area contributed by atoms with Crippen molar-refractivity contribution in [3.8, 4) is 11.3 Å². The van der Waals surface area contributed by atoms with Gasteiger partial charge in [0.25, 0.3) is 17.5 Å². The molecule has 2 fully saturated rings. The number of amides is 2. The van der Waals surface area contributed by atoms with Crippen molar-refractivity contribution < 1.29 is 18.9 Å². The number of furan rings is 1. The van der Waals surface area contributed by atoms with E-state index in [1.165, 1.54) is 18.3 Å². The molecule has 0 radical (unpaired) electrons. The van der Waals surface area contributed by atoms with Crippen LogP contribution < -0.4 is 0 Å². The van der Waals surface area contributed by atoms with Crippen LogP contribution in [0.4, 0.5) is 5.69 Å². The number of benzene rings is 1. The van der Waals surface area contributed by atoms with Gasteiger partial charge in [-0.05, 0) is 58.8 Å². The second-order valence-corrected chi connectivity index (χ2v) is 8.55. The summed E-state index contributed by atoms with van der Waals surface area (Å²) in [6.45, 7) is 0.